The maximum atomic E-state index is 11.2. The summed E-state index contributed by atoms with van der Waals surface area (Å²) in [6.07, 6.45) is 0. The van der Waals surface area contributed by atoms with Crippen molar-refractivity contribution < 1.29 is 18.0 Å². The third kappa shape index (κ3) is 1.62. The minimum Gasteiger partial charge on any atom is -0.288 e. The summed E-state index contributed by atoms with van der Waals surface area (Å²) in [6, 6.07) is 3.52. The molecule has 0 aromatic heterocycles. The van der Waals surface area contributed by atoms with Gasteiger partial charge in [-0.3, -0.25) is 14.9 Å². The van der Waals surface area contributed by atoms with Crippen LogP contribution in [0.4, 0.5) is 0 Å². The number of carbonyl (C=O) groups is 2. The number of hydrogen-bond donors (Lipinski definition) is 1. The van der Waals surface area contributed by atoms with E-state index in [2.05, 4.69) is 0 Å². The second-order valence-electron chi connectivity index (χ2n) is 2.93. The second-order valence-corrected chi connectivity index (χ2v) is 5.49. The maximum Gasteiger partial charge on any atom is 0.261 e. The first-order chi connectivity index (χ1) is 6.89. The second kappa shape index (κ2) is 3.04. The lowest BCUT2D eigenvalue weighted by molar-refractivity contribution is 0.0879. The predicted molar refractivity (Wildman–Crippen MR) is 51.3 cm³/mol. The Labute approximate surface area is 89.5 Å². The molecule has 1 aliphatic heterocycles. The van der Waals surface area contributed by atoms with Crippen molar-refractivity contribution in [3.05, 3.63) is 29.3 Å². The van der Waals surface area contributed by atoms with Gasteiger partial charge >= 0.3 is 0 Å². The maximum absolute atomic E-state index is 11.2. The fourth-order valence-electron chi connectivity index (χ4n) is 1.30. The zero-order chi connectivity index (χ0) is 11.2. The van der Waals surface area contributed by atoms with Gasteiger partial charge in [-0.1, -0.05) is 0 Å². The van der Waals surface area contributed by atoms with Gasteiger partial charge < -0.3 is 0 Å². The van der Waals surface area contributed by atoms with Crippen molar-refractivity contribution in [3.63, 3.8) is 0 Å². The number of halogens is 1. The van der Waals surface area contributed by atoms with Gasteiger partial charge in [-0.25, -0.2) is 8.42 Å². The molecule has 1 N–H and O–H groups in total. The average molecular weight is 246 g/mol. The van der Waals surface area contributed by atoms with Crippen molar-refractivity contribution in [1.82, 2.24) is 5.32 Å². The first-order valence-corrected chi connectivity index (χ1v) is 6.15. The van der Waals surface area contributed by atoms with Crippen LogP contribution in [0.25, 0.3) is 0 Å². The Hall–Kier alpha value is -1.40. The molecule has 0 bridgehead atoms. The van der Waals surface area contributed by atoms with Gasteiger partial charge in [0.2, 0.25) is 0 Å². The lowest BCUT2D eigenvalue weighted by Gasteiger charge is -1.97. The normalized spacial score (nSPS) is 15.0. The molecule has 2 amide bonds. The summed E-state index contributed by atoms with van der Waals surface area (Å²) in [4.78, 5) is 22.1. The highest BCUT2D eigenvalue weighted by Crippen LogP contribution is 2.22. The summed E-state index contributed by atoms with van der Waals surface area (Å²) in [5, 5.41) is 2.05. The predicted octanol–water partition coefficient (Wildman–Crippen LogP) is 0.498. The van der Waals surface area contributed by atoms with Crippen molar-refractivity contribution in [1.29, 1.82) is 0 Å². The van der Waals surface area contributed by atoms with Gasteiger partial charge in [-0.15, -0.1) is 0 Å². The molecule has 0 atom stereocenters. The van der Waals surface area contributed by atoms with E-state index in [1.807, 2.05) is 5.32 Å². The molecular formula is C8H4ClNO4S. The molecule has 0 saturated carbocycles. The average Bonchev–Trinajstić information content (AvgIpc) is 2.41. The smallest absolute Gasteiger partial charge is 0.261 e. The minimum atomic E-state index is -3.88. The highest BCUT2D eigenvalue weighted by molar-refractivity contribution is 8.13. The summed E-state index contributed by atoms with van der Waals surface area (Å²) in [5.41, 5.74) is 0.186. The highest BCUT2D eigenvalue weighted by atomic mass is 35.7. The molecular weight excluding hydrogens is 242 g/mol. The molecule has 15 heavy (non-hydrogen) atoms. The van der Waals surface area contributed by atoms with Crippen molar-refractivity contribution >= 4 is 31.5 Å². The zero-order valence-corrected chi connectivity index (χ0v) is 8.72. The van der Waals surface area contributed by atoms with Crippen LogP contribution < -0.4 is 5.32 Å². The van der Waals surface area contributed by atoms with Gasteiger partial charge in [0.1, 0.15) is 0 Å². The summed E-state index contributed by atoms with van der Waals surface area (Å²) in [7, 11) is 1.22. The number of rotatable bonds is 1. The van der Waals surface area contributed by atoms with Crippen LogP contribution in [0, 0.1) is 0 Å². The third-order valence-electron chi connectivity index (χ3n) is 1.99. The molecule has 0 fully saturated rings. The first-order valence-electron chi connectivity index (χ1n) is 3.84. The fourth-order valence-corrected chi connectivity index (χ4v) is 2.08. The highest BCUT2D eigenvalue weighted by Gasteiger charge is 2.28. The third-order valence-corrected chi connectivity index (χ3v) is 3.34. The summed E-state index contributed by atoms with van der Waals surface area (Å²) >= 11 is 0. The monoisotopic (exact) mass is 245 g/mol. The van der Waals surface area contributed by atoms with Crippen LogP contribution in [0.5, 0.6) is 0 Å². The van der Waals surface area contributed by atoms with Crippen molar-refractivity contribution in [2.45, 2.75) is 4.90 Å². The van der Waals surface area contributed by atoms with Gasteiger partial charge in [0.25, 0.3) is 20.9 Å². The van der Waals surface area contributed by atoms with Crippen LogP contribution in [0.2, 0.25) is 0 Å². The van der Waals surface area contributed by atoms with Crippen LogP contribution in [-0.4, -0.2) is 20.2 Å². The molecule has 0 aliphatic carbocycles. The van der Waals surface area contributed by atoms with E-state index >= 15 is 0 Å². The molecule has 0 radical (unpaired) electrons. The number of hydrogen-bond acceptors (Lipinski definition) is 4. The topological polar surface area (TPSA) is 80.3 Å². The first kappa shape index (κ1) is 10.1. The number of benzene rings is 1. The molecule has 7 heteroatoms. The zero-order valence-electron chi connectivity index (χ0n) is 7.15. The molecule has 0 saturated heterocycles. The van der Waals surface area contributed by atoms with E-state index in [1.165, 1.54) is 12.1 Å². The SMILES string of the molecule is O=C1NC(=O)c2cc(S(=O)(=O)Cl)ccc21. The molecule has 1 heterocycles. The number of amides is 2. The molecule has 78 valence electrons. The van der Waals surface area contributed by atoms with Gasteiger partial charge in [-0.05, 0) is 18.2 Å². The van der Waals surface area contributed by atoms with E-state index in [0.29, 0.717) is 0 Å². The molecule has 1 aromatic rings. The van der Waals surface area contributed by atoms with E-state index in [4.69, 9.17) is 10.7 Å². The Morgan fingerprint density at radius 3 is 2.27 bits per heavy atom. The van der Waals surface area contributed by atoms with E-state index in [1.54, 1.807) is 0 Å². The van der Waals surface area contributed by atoms with Gasteiger partial charge in [0.15, 0.2) is 0 Å². The Bertz CT molecular complexity index is 578. The summed E-state index contributed by atoms with van der Waals surface area (Å²) in [6.45, 7) is 0. The summed E-state index contributed by atoms with van der Waals surface area (Å²) in [5.74, 6) is -1.15. The van der Waals surface area contributed by atoms with Crippen molar-refractivity contribution in [2.24, 2.45) is 0 Å². The lowest BCUT2D eigenvalue weighted by atomic mass is 10.1. The standard InChI is InChI=1S/C8H4ClNO4S/c9-15(13,14)4-1-2-5-6(3-4)8(12)10-7(5)11/h1-3H,(H,10,11,12). The van der Waals surface area contributed by atoms with E-state index in [9.17, 15) is 18.0 Å². The Balaban J connectivity index is 2.67. The van der Waals surface area contributed by atoms with Gasteiger partial charge in [0, 0.05) is 10.7 Å². The van der Waals surface area contributed by atoms with Gasteiger partial charge in [-0.2, -0.15) is 0 Å². The van der Waals surface area contributed by atoms with Crippen LogP contribution in [0.15, 0.2) is 23.1 Å². The molecule has 2 rings (SSSR count). The lowest BCUT2D eigenvalue weighted by Crippen LogP contribution is -2.19. The van der Waals surface area contributed by atoms with E-state index < -0.39 is 20.9 Å². The number of carbonyl (C=O) groups excluding carboxylic acids is 2. The molecule has 1 aliphatic rings. The number of imide groups is 1. The molecule has 5 nitrogen and oxygen atoms in total. The van der Waals surface area contributed by atoms with Crippen LogP contribution in [0.3, 0.4) is 0 Å². The van der Waals surface area contributed by atoms with Crippen molar-refractivity contribution in [3.8, 4) is 0 Å². The number of fused-ring (bicyclic) bond motifs is 1. The van der Waals surface area contributed by atoms with Crippen LogP contribution in [-0.2, 0) is 9.05 Å². The Kier molecular flexibility index (Phi) is 2.06. The minimum absolute atomic E-state index is 0.0294. The fraction of sp³-hybridized carbons (Fsp3) is 0. The Morgan fingerprint density at radius 1 is 1.07 bits per heavy atom. The van der Waals surface area contributed by atoms with Crippen LogP contribution in [0.1, 0.15) is 20.7 Å². The van der Waals surface area contributed by atoms with Crippen molar-refractivity contribution in [2.75, 3.05) is 0 Å². The van der Waals surface area contributed by atoms with E-state index in [-0.39, 0.29) is 16.0 Å². The quantitative estimate of drug-likeness (QED) is 0.577. The molecule has 0 spiro atoms. The van der Waals surface area contributed by atoms with E-state index in [0.717, 1.165) is 6.07 Å². The summed E-state index contributed by atoms with van der Waals surface area (Å²) < 4.78 is 21.9. The number of nitrogens with one attached hydrogen (secondary N) is 1. The largest absolute Gasteiger partial charge is 0.288 e. The van der Waals surface area contributed by atoms with Crippen LogP contribution >= 0.6 is 10.7 Å². The Morgan fingerprint density at radius 2 is 1.67 bits per heavy atom. The van der Waals surface area contributed by atoms with Gasteiger partial charge in [0.05, 0.1) is 16.0 Å². The molecule has 1 aromatic carbocycles. The molecule has 0 unspecified atom stereocenters.